The van der Waals surface area contributed by atoms with Gasteiger partial charge in [0, 0.05) is 11.1 Å². The summed E-state index contributed by atoms with van der Waals surface area (Å²) in [6.45, 7) is 0. The fraction of sp³-hybridized carbons (Fsp3) is 0.0714. The largest absolute Gasteiger partial charge is 0.456 e. The van der Waals surface area contributed by atoms with E-state index < -0.39 is 27.3 Å². The van der Waals surface area contributed by atoms with Crippen LogP contribution in [0.1, 0.15) is 10.4 Å². The number of hydrogen-bond donors (Lipinski definition) is 1. The fourth-order valence-electron chi connectivity index (χ4n) is 1.66. The molecule has 0 aliphatic rings. The minimum atomic E-state index is -3.82. The first kappa shape index (κ1) is 17.5. The number of hydrogen-bond acceptors (Lipinski definition) is 4. The van der Waals surface area contributed by atoms with Crippen LogP contribution in [0, 0.1) is 5.82 Å². The van der Waals surface area contributed by atoms with Crippen molar-refractivity contribution in [2.75, 3.05) is 6.26 Å². The van der Waals surface area contributed by atoms with Gasteiger partial charge in [-0.15, -0.1) is 0 Å². The first-order valence-electron chi connectivity index (χ1n) is 6.10. The Morgan fingerprint density at radius 1 is 1.22 bits per heavy atom. The second-order valence-corrected chi connectivity index (χ2v) is 7.12. The number of halogens is 3. The monoisotopic (exact) mass is 377 g/mol. The lowest BCUT2D eigenvalue weighted by atomic mass is 10.2. The lowest BCUT2D eigenvalue weighted by Gasteiger charge is -2.10. The lowest BCUT2D eigenvalue weighted by Crippen LogP contribution is -2.30. The van der Waals surface area contributed by atoms with Gasteiger partial charge >= 0.3 is 0 Å². The molecule has 0 saturated heterocycles. The van der Waals surface area contributed by atoms with Gasteiger partial charge in [0.15, 0.2) is 0 Å². The Balaban J connectivity index is 2.32. The normalized spacial score (nSPS) is 11.1. The minimum absolute atomic E-state index is 0.0395. The van der Waals surface area contributed by atoms with Crippen LogP contribution < -0.4 is 9.46 Å². The molecule has 0 fully saturated rings. The van der Waals surface area contributed by atoms with Crippen molar-refractivity contribution in [3.8, 4) is 11.5 Å². The maximum Gasteiger partial charge on any atom is 0.267 e. The number of carbonyl (C=O) groups is 1. The van der Waals surface area contributed by atoms with Gasteiger partial charge in [-0.25, -0.2) is 17.5 Å². The van der Waals surface area contributed by atoms with Crippen molar-refractivity contribution in [1.29, 1.82) is 0 Å². The summed E-state index contributed by atoms with van der Waals surface area (Å²) >= 11 is 11.8. The molecule has 122 valence electrons. The van der Waals surface area contributed by atoms with E-state index in [0.29, 0.717) is 10.8 Å². The van der Waals surface area contributed by atoms with E-state index in [9.17, 15) is 17.6 Å². The van der Waals surface area contributed by atoms with Crippen molar-refractivity contribution < 1.29 is 22.3 Å². The van der Waals surface area contributed by atoms with Crippen molar-refractivity contribution in [3.63, 3.8) is 0 Å². The summed E-state index contributed by atoms with van der Waals surface area (Å²) in [4.78, 5) is 11.7. The van der Waals surface area contributed by atoms with Gasteiger partial charge in [0.05, 0.1) is 16.8 Å². The van der Waals surface area contributed by atoms with Crippen LogP contribution in [0.3, 0.4) is 0 Å². The quantitative estimate of drug-likeness (QED) is 0.882. The average molecular weight is 378 g/mol. The minimum Gasteiger partial charge on any atom is -0.456 e. The number of sulfonamides is 1. The van der Waals surface area contributed by atoms with Gasteiger partial charge in [-0.2, -0.15) is 0 Å². The Morgan fingerprint density at radius 3 is 2.52 bits per heavy atom. The molecule has 0 aliphatic heterocycles. The zero-order chi connectivity index (χ0) is 17.2. The highest BCUT2D eigenvalue weighted by atomic mass is 35.5. The zero-order valence-electron chi connectivity index (χ0n) is 11.6. The molecule has 2 aromatic rings. The summed E-state index contributed by atoms with van der Waals surface area (Å²) in [6.07, 6.45) is 0.779. The molecule has 1 amide bonds. The Hall–Kier alpha value is -1.83. The summed E-state index contributed by atoms with van der Waals surface area (Å²) < 4.78 is 43.1. The van der Waals surface area contributed by atoms with E-state index in [-0.39, 0.29) is 10.8 Å². The van der Waals surface area contributed by atoms with Gasteiger partial charge in [0.1, 0.15) is 17.3 Å². The van der Waals surface area contributed by atoms with E-state index in [1.165, 1.54) is 6.07 Å². The van der Waals surface area contributed by atoms with Crippen LogP contribution in [0.25, 0.3) is 0 Å². The molecule has 9 heteroatoms. The summed E-state index contributed by atoms with van der Waals surface area (Å²) in [6, 6.07) is 8.23. The molecule has 0 spiro atoms. The molecule has 0 heterocycles. The highest BCUT2D eigenvalue weighted by Gasteiger charge is 2.19. The van der Waals surface area contributed by atoms with Crippen LogP contribution in [0.4, 0.5) is 4.39 Å². The van der Waals surface area contributed by atoms with Gasteiger partial charge in [0.2, 0.25) is 10.0 Å². The van der Waals surface area contributed by atoms with Gasteiger partial charge in [-0.05, 0) is 24.3 Å². The van der Waals surface area contributed by atoms with E-state index in [0.717, 1.165) is 18.4 Å². The Morgan fingerprint density at radius 2 is 1.91 bits per heavy atom. The molecule has 0 bridgehead atoms. The van der Waals surface area contributed by atoms with Crippen LogP contribution in [-0.4, -0.2) is 20.6 Å². The molecule has 0 atom stereocenters. The number of rotatable bonds is 4. The van der Waals surface area contributed by atoms with Gasteiger partial charge in [-0.1, -0.05) is 29.3 Å². The summed E-state index contributed by atoms with van der Waals surface area (Å²) in [7, 11) is -3.82. The standard InChI is InChI=1S/C14H10Cl2FNO4S/c1-23(20,21)18-14(19)10-6-11(16)13(7-12(10)17)22-9-4-2-3-8(15)5-9/h2-7H,1H3,(H,18,19). The van der Waals surface area contributed by atoms with E-state index in [1.54, 1.807) is 22.9 Å². The van der Waals surface area contributed by atoms with Crippen LogP contribution in [0.15, 0.2) is 36.4 Å². The lowest BCUT2D eigenvalue weighted by molar-refractivity contribution is 0.0978. The second-order valence-electron chi connectivity index (χ2n) is 4.53. The van der Waals surface area contributed by atoms with Crippen LogP contribution >= 0.6 is 23.2 Å². The molecule has 0 unspecified atom stereocenters. The molecule has 0 aromatic heterocycles. The molecule has 1 N–H and O–H groups in total. The maximum atomic E-state index is 14.0. The van der Waals surface area contributed by atoms with Gasteiger partial charge in [-0.3, -0.25) is 4.79 Å². The number of ether oxygens (including phenoxy) is 1. The molecule has 0 saturated carbocycles. The SMILES string of the molecule is CS(=O)(=O)NC(=O)c1cc(Cl)c(Oc2cccc(Cl)c2)cc1F. The molecule has 2 rings (SSSR count). The molecular weight excluding hydrogens is 368 g/mol. The van der Waals surface area contributed by atoms with E-state index in [2.05, 4.69) is 0 Å². The average Bonchev–Trinajstić information content (AvgIpc) is 2.40. The van der Waals surface area contributed by atoms with Crippen LogP contribution in [0.5, 0.6) is 11.5 Å². The summed E-state index contributed by atoms with van der Waals surface area (Å²) in [5, 5.41) is 0.355. The molecule has 0 aliphatic carbocycles. The number of amides is 1. The van der Waals surface area contributed by atoms with Gasteiger partial charge in [0.25, 0.3) is 5.91 Å². The zero-order valence-corrected chi connectivity index (χ0v) is 14.0. The molecule has 23 heavy (non-hydrogen) atoms. The van der Waals surface area contributed by atoms with Crippen molar-refractivity contribution in [2.45, 2.75) is 0 Å². The molecular formula is C14H10Cl2FNO4S. The van der Waals surface area contributed by atoms with E-state index >= 15 is 0 Å². The third-order valence-corrected chi connectivity index (χ3v) is 3.65. The summed E-state index contributed by atoms with van der Waals surface area (Å²) in [5.74, 6) is -1.82. The first-order chi connectivity index (χ1) is 10.7. The topological polar surface area (TPSA) is 72.5 Å². The summed E-state index contributed by atoms with van der Waals surface area (Å²) in [5.41, 5.74) is -0.515. The second kappa shape index (κ2) is 6.74. The number of carbonyl (C=O) groups excluding carboxylic acids is 1. The fourth-order valence-corrected chi connectivity index (χ4v) is 2.49. The van der Waals surface area contributed by atoms with Crippen molar-refractivity contribution in [1.82, 2.24) is 4.72 Å². The predicted molar refractivity (Wildman–Crippen MR) is 85.2 cm³/mol. The molecule has 0 radical (unpaired) electrons. The van der Waals surface area contributed by atoms with Crippen LogP contribution in [0.2, 0.25) is 10.0 Å². The van der Waals surface area contributed by atoms with Crippen molar-refractivity contribution in [2.24, 2.45) is 0 Å². The van der Waals surface area contributed by atoms with E-state index in [1.807, 2.05) is 0 Å². The first-order valence-corrected chi connectivity index (χ1v) is 8.75. The van der Waals surface area contributed by atoms with Crippen molar-refractivity contribution in [3.05, 3.63) is 57.8 Å². The van der Waals surface area contributed by atoms with Crippen LogP contribution in [-0.2, 0) is 10.0 Å². The maximum absolute atomic E-state index is 14.0. The van der Waals surface area contributed by atoms with E-state index in [4.69, 9.17) is 27.9 Å². The Kier molecular flexibility index (Phi) is 5.13. The predicted octanol–water partition coefficient (Wildman–Crippen LogP) is 3.61. The third-order valence-electron chi connectivity index (χ3n) is 2.57. The third kappa shape index (κ3) is 4.82. The van der Waals surface area contributed by atoms with Gasteiger partial charge < -0.3 is 4.74 Å². The number of nitrogens with one attached hydrogen (secondary N) is 1. The molecule has 5 nitrogen and oxygen atoms in total. The highest BCUT2D eigenvalue weighted by Crippen LogP contribution is 2.32. The number of benzene rings is 2. The van der Waals surface area contributed by atoms with Crippen molar-refractivity contribution >= 4 is 39.1 Å². The molecule has 2 aromatic carbocycles. The Labute approximate surface area is 142 Å². The highest BCUT2D eigenvalue weighted by molar-refractivity contribution is 7.89. The smallest absolute Gasteiger partial charge is 0.267 e. The Bertz CT molecular complexity index is 871.